The van der Waals surface area contributed by atoms with Crippen molar-refractivity contribution in [3.05, 3.63) is 70.6 Å². The molecule has 5 nitrogen and oxygen atoms in total. The summed E-state index contributed by atoms with van der Waals surface area (Å²) in [6.45, 7) is 2.81. The molecular formula is C21H21N3O2. The predicted molar refractivity (Wildman–Crippen MR) is 102 cm³/mol. The lowest BCUT2D eigenvalue weighted by atomic mass is 10.0. The van der Waals surface area contributed by atoms with Crippen LogP contribution in [0.2, 0.25) is 0 Å². The van der Waals surface area contributed by atoms with Gasteiger partial charge in [-0.15, -0.1) is 0 Å². The number of carbonyl (C=O) groups excluding carboxylic acids is 1. The van der Waals surface area contributed by atoms with Crippen molar-refractivity contribution in [2.24, 2.45) is 0 Å². The number of hydrogen-bond acceptors (Lipinski definition) is 3. The fraction of sp³-hybridized carbons (Fsp3) is 0.286. The van der Waals surface area contributed by atoms with Gasteiger partial charge in [-0.2, -0.15) is 9.78 Å². The van der Waals surface area contributed by atoms with E-state index in [2.05, 4.69) is 12.0 Å². The smallest absolute Gasteiger partial charge is 0.279 e. The van der Waals surface area contributed by atoms with E-state index in [4.69, 9.17) is 0 Å². The van der Waals surface area contributed by atoms with Gasteiger partial charge in [0.15, 0.2) is 5.69 Å². The molecule has 0 N–H and O–H groups in total. The average Bonchev–Trinajstić information content (AvgIpc) is 2.69. The number of piperidine rings is 1. The molecule has 0 aliphatic carbocycles. The van der Waals surface area contributed by atoms with E-state index < -0.39 is 0 Å². The zero-order valence-electron chi connectivity index (χ0n) is 14.8. The number of fused-ring (bicyclic) bond motifs is 1. The zero-order chi connectivity index (χ0) is 18.1. The van der Waals surface area contributed by atoms with Gasteiger partial charge in [-0.25, -0.2) is 0 Å². The van der Waals surface area contributed by atoms with Crippen molar-refractivity contribution in [2.45, 2.75) is 32.2 Å². The molecule has 132 valence electrons. The largest absolute Gasteiger partial charge is 0.335 e. The molecule has 4 rings (SSSR count). The monoisotopic (exact) mass is 347 g/mol. The van der Waals surface area contributed by atoms with Crippen LogP contribution in [-0.4, -0.2) is 33.2 Å². The number of hydrogen-bond donors (Lipinski definition) is 0. The second kappa shape index (κ2) is 6.75. The van der Waals surface area contributed by atoms with Crippen molar-refractivity contribution in [3.63, 3.8) is 0 Å². The molecule has 3 aromatic rings. The maximum atomic E-state index is 13.3. The quantitative estimate of drug-likeness (QED) is 0.714. The number of aromatic nitrogens is 2. The van der Waals surface area contributed by atoms with Crippen molar-refractivity contribution in [1.29, 1.82) is 0 Å². The fourth-order valence-corrected chi connectivity index (χ4v) is 3.63. The van der Waals surface area contributed by atoms with Gasteiger partial charge in [0.05, 0.1) is 11.1 Å². The molecule has 5 heteroatoms. The van der Waals surface area contributed by atoms with Gasteiger partial charge in [0.25, 0.3) is 11.5 Å². The normalized spacial score (nSPS) is 17.4. The molecule has 2 aromatic carbocycles. The van der Waals surface area contributed by atoms with Gasteiger partial charge < -0.3 is 4.90 Å². The molecule has 1 unspecified atom stereocenters. The van der Waals surface area contributed by atoms with E-state index in [-0.39, 0.29) is 17.5 Å². The second-order valence-corrected chi connectivity index (χ2v) is 6.79. The van der Waals surface area contributed by atoms with E-state index in [0.717, 1.165) is 25.8 Å². The first-order valence-electron chi connectivity index (χ1n) is 9.05. The summed E-state index contributed by atoms with van der Waals surface area (Å²) in [4.78, 5) is 28.1. The minimum atomic E-state index is -0.213. The van der Waals surface area contributed by atoms with Crippen LogP contribution in [0.25, 0.3) is 16.5 Å². The number of benzene rings is 2. The molecule has 0 bridgehead atoms. The second-order valence-electron chi connectivity index (χ2n) is 6.79. The molecule has 1 amide bonds. The Hall–Kier alpha value is -2.95. The van der Waals surface area contributed by atoms with Crippen molar-refractivity contribution in [2.75, 3.05) is 6.54 Å². The average molecular weight is 347 g/mol. The van der Waals surface area contributed by atoms with E-state index in [1.54, 1.807) is 12.1 Å². The summed E-state index contributed by atoms with van der Waals surface area (Å²) in [5, 5.41) is 5.62. The predicted octanol–water partition coefficient (Wildman–Crippen LogP) is 3.40. The summed E-state index contributed by atoms with van der Waals surface area (Å²) in [7, 11) is 0. The van der Waals surface area contributed by atoms with Crippen LogP contribution < -0.4 is 5.56 Å². The molecule has 1 fully saturated rings. The SMILES string of the molecule is CC1CCCCN1C(=O)c1nn(-c2ccccc2)c(=O)c2ccccc12. The third-order valence-electron chi connectivity index (χ3n) is 5.07. The number of nitrogens with zero attached hydrogens (tertiary/aromatic N) is 3. The Balaban J connectivity index is 1.92. The van der Waals surface area contributed by atoms with E-state index in [1.165, 1.54) is 4.68 Å². The maximum Gasteiger partial charge on any atom is 0.279 e. The third kappa shape index (κ3) is 2.79. The maximum absolute atomic E-state index is 13.3. The van der Waals surface area contributed by atoms with Crippen LogP contribution in [0.3, 0.4) is 0 Å². The van der Waals surface area contributed by atoms with Gasteiger partial charge in [-0.05, 0) is 44.4 Å². The van der Waals surface area contributed by atoms with Gasteiger partial charge in [-0.1, -0.05) is 36.4 Å². The van der Waals surface area contributed by atoms with Gasteiger partial charge in [0.2, 0.25) is 0 Å². The Morgan fingerprint density at radius 3 is 2.42 bits per heavy atom. The Bertz CT molecular complexity index is 1010. The highest BCUT2D eigenvalue weighted by molar-refractivity contribution is 6.05. The topological polar surface area (TPSA) is 55.2 Å². The molecular weight excluding hydrogens is 326 g/mol. The highest BCUT2D eigenvalue weighted by atomic mass is 16.2. The third-order valence-corrected chi connectivity index (χ3v) is 5.07. The Kier molecular flexibility index (Phi) is 4.29. The van der Waals surface area contributed by atoms with E-state index in [9.17, 15) is 9.59 Å². The summed E-state index contributed by atoms with van der Waals surface area (Å²) in [5.74, 6) is -0.0990. The Morgan fingerprint density at radius 1 is 1.00 bits per heavy atom. The highest BCUT2D eigenvalue weighted by Crippen LogP contribution is 2.22. The first-order chi connectivity index (χ1) is 12.7. The summed E-state index contributed by atoms with van der Waals surface area (Å²) in [6, 6.07) is 16.6. The molecule has 2 heterocycles. The van der Waals surface area contributed by atoms with Crippen LogP contribution in [0.5, 0.6) is 0 Å². The van der Waals surface area contributed by atoms with Crippen LogP contribution in [0.4, 0.5) is 0 Å². The Morgan fingerprint density at radius 2 is 1.69 bits per heavy atom. The molecule has 1 aromatic heterocycles. The molecule has 1 aliphatic heterocycles. The molecule has 0 radical (unpaired) electrons. The molecule has 0 spiro atoms. The summed E-state index contributed by atoms with van der Waals surface area (Å²) in [5.41, 5.74) is 0.789. The molecule has 1 aliphatic rings. The van der Waals surface area contributed by atoms with Gasteiger partial charge in [0.1, 0.15) is 0 Å². The van der Waals surface area contributed by atoms with E-state index in [0.29, 0.717) is 22.2 Å². The van der Waals surface area contributed by atoms with Crippen molar-refractivity contribution >= 4 is 16.7 Å². The lowest BCUT2D eigenvalue weighted by Crippen LogP contribution is -2.43. The lowest BCUT2D eigenvalue weighted by Gasteiger charge is -2.33. The number of rotatable bonds is 2. The number of para-hydroxylation sites is 1. The van der Waals surface area contributed by atoms with Crippen LogP contribution in [0.15, 0.2) is 59.4 Å². The standard InChI is InChI=1S/C21H21N3O2/c1-15-9-7-8-14-23(15)21(26)19-17-12-5-6-13-18(17)20(25)24(22-19)16-10-3-2-4-11-16/h2-6,10-13,15H,7-9,14H2,1H3. The number of likely N-dealkylation sites (tertiary alicyclic amines) is 1. The first kappa shape index (κ1) is 16.5. The lowest BCUT2D eigenvalue weighted by molar-refractivity contribution is 0.0630. The van der Waals surface area contributed by atoms with Crippen molar-refractivity contribution in [1.82, 2.24) is 14.7 Å². The summed E-state index contributed by atoms with van der Waals surface area (Å²) >= 11 is 0. The van der Waals surface area contributed by atoms with E-state index >= 15 is 0 Å². The summed E-state index contributed by atoms with van der Waals surface area (Å²) < 4.78 is 1.34. The number of carbonyl (C=O) groups is 1. The van der Waals surface area contributed by atoms with E-state index in [1.807, 2.05) is 47.4 Å². The first-order valence-corrected chi connectivity index (χ1v) is 9.05. The minimum absolute atomic E-state index is 0.0990. The molecule has 26 heavy (non-hydrogen) atoms. The number of amides is 1. The fourth-order valence-electron chi connectivity index (χ4n) is 3.63. The van der Waals surface area contributed by atoms with Crippen LogP contribution in [0.1, 0.15) is 36.7 Å². The van der Waals surface area contributed by atoms with Crippen molar-refractivity contribution in [3.8, 4) is 5.69 Å². The van der Waals surface area contributed by atoms with Gasteiger partial charge >= 0.3 is 0 Å². The van der Waals surface area contributed by atoms with Crippen LogP contribution in [-0.2, 0) is 0 Å². The summed E-state index contributed by atoms with van der Waals surface area (Å²) in [6.07, 6.45) is 3.15. The van der Waals surface area contributed by atoms with Crippen molar-refractivity contribution < 1.29 is 4.79 Å². The molecule has 1 atom stereocenters. The molecule has 1 saturated heterocycles. The van der Waals surface area contributed by atoms with Crippen LogP contribution in [0, 0.1) is 0 Å². The van der Waals surface area contributed by atoms with Crippen LogP contribution >= 0.6 is 0 Å². The van der Waals surface area contributed by atoms with Gasteiger partial charge in [0, 0.05) is 18.0 Å². The highest BCUT2D eigenvalue weighted by Gasteiger charge is 2.27. The van der Waals surface area contributed by atoms with Gasteiger partial charge in [-0.3, -0.25) is 9.59 Å². The Labute approximate surface area is 151 Å². The minimum Gasteiger partial charge on any atom is -0.335 e. The zero-order valence-corrected chi connectivity index (χ0v) is 14.8. The molecule has 0 saturated carbocycles.